The number of nitrogens with zero attached hydrogens (tertiary/aromatic N) is 2. The Morgan fingerprint density at radius 2 is 1.76 bits per heavy atom. The fourth-order valence-corrected chi connectivity index (χ4v) is 2.58. The van der Waals surface area contributed by atoms with Crippen LogP contribution in [0.4, 0.5) is 8.78 Å². The first kappa shape index (κ1) is 16.3. The molecule has 0 aliphatic heterocycles. The molecule has 0 aliphatic rings. The van der Waals surface area contributed by atoms with Gasteiger partial charge in [0.2, 0.25) is 0 Å². The standard InChI is InChI=1S/C14H9ClF2N2S.BrH/c15-10-3-6-13-18-12(8-19(13)7-10)9-1-4-11(5-2-9)20-14(16)17;/h1-8,14H;1H. The lowest BCUT2D eigenvalue weighted by atomic mass is 10.2. The quantitative estimate of drug-likeness (QED) is 0.545. The number of rotatable bonds is 3. The Hall–Kier alpha value is -1.11. The minimum absolute atomic E-state index is 0. The van der Waals surface area contributed by atoms with E-state index in [1.165, 1.54) is 0 Å². The number of aromatic nitrogens is 2. The first-order valence-electron chi connectivity index (χ1n) is 5.81. The van der Waals surface area contributed by atoms with Gasteiger partial charge in [-0.25, -0.2) is 4.98 Å². The first-order chi connectivity index (χ1) is 9.61. The molecule has 0 atom stereocenters. The van der Waals surface area contributed by atoms with E-state index in [0.717, 1.165) is 16.9 Å². The Bertz CT molecular complexity index is 746. The Morgan fingerprint density at radius 1 is 1.05 bits per heavy atom. The van der Waals surface area contributed by atoms with Crippen LogP contribution in [-0.4, -0.2) is 15.1 Å². The highest BCUT2D eigenvalue weighted by Gasteiger charge is 2.07. The Balaban J connectivity index is 0.00000161. The van der Waals surface area contributed by atoms with Gasteiger partial charge in [-0.1, -0.05) is 35.5 Å². The lowest BCUT2D eigenvalue weighted by molar-refractivity contribution is 0.252. The average Bonchev–Trinajstić information content (AvgIpc) is 2.81. The molecule has 110 valence electrons. The molecule has 7 heteroatoms. The molecule has 0 saturated carbocycles. The van der Waals surface area contributed by atoms with E-state index in [4.69, 9.17) is 11.6 Å². The summed E-state index contributed by atoms with van der Waals surface area (Å²) in [7, 11) is 0. The molecular formula is C14H10BrClF2N2S. The number of benzene rings is 1. The van der Waals surface area contributed by atoms with Gasteiger partial charge in [0.05, 0.1) is 10.7 Å². The van der Waals surface area contributed by atoms with E-state index in [0.29, 0.717) is 21.7 Å². The van der Waals surface area contributed by atoms with E-state index in [9.17, 15) is 8.78 Å². The van der Waals surface area contributed by atoms with E-state index in [-0.39, 0.29) is 17.0 Å². The van der Waals surface area contributed by atoms with Crippen molar-refractivity contribution in [1.82, 2.24) is 9.38 Å². The zero-order chi connectivity index (χ0) is 14.1. The lowest BCUT2D eigenvalue weighted by Crippen LogP contribution is -1.82. The fraction of sp³-hybridized carbons (Fsp3) is 0.0714. The second kappa shape index (κ2) is 6.77. The van der Waals surface area contributed by atoms with Crippen molar-refractivity contribution in [3.63, 3.8) is 0 Å². The second-order valence-corrected chi connectivity index (χ2v) is 5.64. The van der Waals surface area contributed by atoms with Crippen LogP contribution in [0.25, 0.3) is 16.9 Å². The maximum Gasteiger partial charge on any atom is 0.288 e. The van der Waals surface area contributed by atoms with Gasteiger partial charge in [-0.15, -0.1) is 17.0 Å². The van der Waals surface area contributed by atoms with E-state index in [2.05, 4.69) is 4.98 Å². The number of hydrogen-bond donors (Lipinski definition) is 0. The van der Waals surface area contributed by atoms with Crippen LogP contribution in [0.5, 0.6) is 0 Å². The predicted octanol–water partition coefficient (Wildman–Crippen LogP) is 5.55. The number of pyridine rings is 1. The third-order valence-corrected chi connectivity index (χ3v) is 3.74. The monoisotopic (exact) mass is 390 g/mol. The van der Waals surface area contributed by atoms with Crippen molar-refractivity contribution in [2.24, 2.45) is 0 Å². The van der Waals surface area contributed by atoms with Gasteiger partial charge < -0.3 is 4.40 Å². The van der Waals surface area contributed by atoms with Gasteiger partial charge in [0.1, 0.15) is 5.65 Å². The number of alkyl halides is 2. The minimum atomic E-state index is -2.40. The summed E-state index contributed by atoms with van der Waals surface area (Å²) in [5.74, 6) is -2.40. The maximum absolute atomic E-state index is 12.3. The SMILES string of the molecule is Br.FC(F)Sc1ccc(-c2cn3cc(Cl)ccc3n2)cc1. The molecule has 3 aromatic rings. The molecule has 1 aromatic carbocycles. The molecule has 0 radical (unpaired) electrons. The van der Waals surface area contributed by atoms with Gasteiger partial charge in [0, 0.05) is 22.9 Å². The molecule has 0 aliphatic carbocycles. The molecule has 3 rings (SSSR count). The molecule has 0 amide bonds. The van der Waals surface area contributed by atoms with Crippen molar-refractivity contribution in [1.29, 1.82) is 0 Å². The smallest absolute Gasteiger partial charge is 0.288 e. The summed E-state index contributed by atoms with van der Waals surface area (Å²) in [5.41, 5.74) is 2.44. The number of halogens is 4. The third kappa shape index (κ3) is 3.75. The highest BCUT2D eigenvalue weighted by Crippen LogP contribution is 2.28. The molecule has 2 heterocycles. The third-order valence-electron chi connectivity index (χ3n) is 2.79. The summed E-state index contributed by atoms with van der Waals surface area (Å²) < 4.78 is 26.3. The lowest BCUT2D eigenvalue weighted by Gasteiger charge is -2.01. The molecule has 2 aromatic heterocycles. The molecule has 0 saturated heterocycles. The van der Waals surface area contributed by atoms with Crippen molar-refractivity contribution in [3.05, 3.63) is 53.8 Å². The van der Waals surface area contributed by atoms with Crippen LogP contribution in [0, 0.1) is 0 Å². The Morgan fingerprint density at radius 3 is 2.43 bits per heavy atom. The largest absolute Gasteiger partial charge is 0.305 e. The summed E-state index contributed by atoms with van der Waals surface area (Å²) >= 11 is 6.45. The average molecular weight is 392 g/mol. The normalized spacial score (nSPS) is 10.9. The minimum Gasteiger partial charge on any atom is -0.305 e. The van der Waals surface area contributed by atoms with Crippen LogP contribution in [0.15, 0.2) is 53.7 Å². The number of imidazole rings is 1. The van der Waals surface area contributed by atoms with Crippen LogP contribution < -0.4 is 0 Å². The predicted molar refractivity (Wildman–Crippen MR) is 87.8 cm³/mol. The maximum atomic E-state index is 12.3. The van der Waals surface area contributed by atoms with Crippen LogP contribution >= 0.6 is 40.3 Å². The van der Waals surface area contributed by atoms with Crippen molar-refractivity contribution >= 4 is 46.0 Å². The second-order valence-electron chi connectivity index (χ2n) is 4.14. The number of thioether (sulfide) groups is 1. The van der Waals surface area contributed by atoms with Crippen molar-refractivity contribution in [3.8, 4) is 11.3 Å². The van der Waals surface area contributed by atoms with Crippen molar-refractivity contribution in [2.45, 2.75) is 10.7 Å². The van der Waals surface area contributed by atoms with Gasteiger partial charge >= 0.3 is 0 Å². The van der Waals surface area contributed by atoms with Gasteiger partial charge in [-0.05, 0) is 24.3 Å². The summed E-state index contributed by atoms with van der Waals surface area (Å²) in [5, 5.41) is 0.630. The van der Waals surface area contributed by atoms with Crippen LogP contribution in [0.3, 0.4) is 0 Å². The molecule has 21 heavy (non-hydrogen) atoms. The number of fused-ring (bicyclic) bond motifs is 1. The van der Waals surface area contributed by atoms with Crippen LogP contribution in [0.2, 0.25) is 5.02 Å². The molecule has 0 N–H and O–H groups in total. The van der Waals surface area contributed by atoms with E-state index < -0.39 is 5.76 Å². The Labute approximate surface area is 139 Å². The summed E-state index contributed by atoms with van der Waals surface area (Å²) in [6.45, 7) is 0. The highest BCUT2D eigenvalue weighted by molar-refractivity contribution is 8.93. The van der Waals surface area contributed by atoms with Crippen molar-refractivity contribution < 1.29 is 8.78 Å². The van der Waals surface area contributed by atoms with Gasteiger partial charge in [-0.2, -0.15) is 8.78 Å². The fourth-order valence-electron chi connectivity index (χ4n) is 1.91. The Kier molecular flexibility index (Phi) is 5.24. The molecular weight excluding hydrogens is 382 g/mol. The summed E-state index contributed by atoms with van der Waals surface area (Å²) in [6.07, 6.45) is 3.63. The molecule has 0 spiro atoms. The van der Waals surface area contributed by atoms with Gasteiger partial charge in [0.25, 0.3) is 5.76 Å². The zero-order valence-corrected chi connectivity index (χ0v) is 13.8. The van der Waals surface area contributed by atoms with Crippen LogP contribution in [-0.2, 0) is 0 Å². The topological polar surface area (TPSA) is 17.3 Å². The first-order valence-corrected chi connectivity index (χ1v) is 7.07. The summed E-state index contributed by atoms with van der Waals surface area (Å²) in [4.78, 5) is 5.00. The van der Waals surface area contributed by atoms with E-state index in [1.54, 1.807) is 36.5 Å². The van der Waals surface area contributed by atoms with Crippen LogP contribution in [0.1, 0.15) is 0 Å². The zero-order valence-electron chi connectivity index (χ0n) is 10.5. The number of hydrogen-bond acceptors (Lipinski definition) is 2. The summed E-state index contributed by atoms with van der Waals surface area (Å²) in [6, 6.07) is 10.5. The van der Waals surface area contributed by atoms with E-state index in [1.807, 2.05) is 16.7 Å². The van der Waals surface area contributed by atoms with Gasteiger partial charge in [-0.3, -0.25) is 0 Å². The van der Waals surface area contributed by atoms with Gasteiger partial charge in [0.15, 0.2) is 0 Å². The van der Waals surface area contributed by atoms with Crippen molar-refractivity contribution in [2.75, 3.05) is 0 Å². The molecule has 0 bridgehead atoms. The molecule has 0 fully saturated rings. The molecule has 0 unspecified atom stereocenters. The van der Waals surface area contributed by atoms with E-state index >= 15 is 0 Å². The molecule has 2 nitrogen and oxygen atoms in total. The highest BCUT2D eigenvalue weighted by atomic mass is 79.9.